The quantitative estimate of drug-likeness (QED) is 0.231. The fourth-order valence-electron chi connectivity index (χ4n) is 6.40. The second kappa shape index (κ2) is 8.26. The highest BCUT2D eigenvalue weighted by Crippen LogP contribution is 2.48. The van der Waals surface area contributed by atoms with Crippen LogP contribution in [0.5, 0.6) is 0 Å². The number of benzene rings is 5. The van der Waals surface area contributed by atoms with Crippen molar-refractivity contribution in [2.75, 3.05) is 4.90 Å². The van der Waals surface area contributed by atoms with E-state index in [1.54, 1.807) is 0 Å². The zero-order valence-corrected chi connectivity index (χ0v) is 22.4. The molecule has 6 heteroatoms. The maximum atomic E-state index is 5.26. The molecule has 0 amide bonds. The molecule has 3 aromatic heterocycles. The zero-order chi connectivity index (χ0) is 27.1. The molecular formula is C35H24N6. The molecule has 1 aliphatic heterocycles. The first kappa shape index (κ1) is 22.3. The number of fused-ring (bicyclic) bond motifs is 7. The topological polar surface area (TPSA) is 51.2 Å². The molecule has 194 valence electrons. The minimum absolute atomic E-state index is 0.827. The Hall–Kier alpha value is -5.49. The fourth-order valence-corrected chi connectivity index (χ4v) is 6.40. The summed E-state index contributed by atoms with van der Waals surface area (Å²) in [5, 5.41) is 1.03. The van der Waals surface area contributed by atoms with E-state index in [0.717, 1.165) is 85.0 Å². The van der Waals surface area contributed by atoms with E-state index in [2.05, 4.69) is 118 Å². The average molecular weight is 529 g/mol. The second-order valence-electron chi connectivity index (χ2n) is 10.5. The molecule has 0 unspecified atom stereocenters. The first-order chi connectivity index (χ1) is 20.3. The minimum Gasteiger partial charge on any atom is -0.306 e. The Labute approximate surface area is 235 Å². The molecule has 8 aromatic rings. The number of hydrogen-bond acceptors (Lipinski definition) is 4. The van der Waals surface area contributed by atoms with Gasteiger partial charge in [0.05, 0.1) is 44.6 Å². The molecule has 5 aromatic carbocycles. The van der Waals surface area contributed by atoms with Crippen LogP contribution in [0.15, 0.2) is 115 Å². The maximum absolute atomic E-state index is 5.26. The Morgan fingerprint density at radius 2 is 1.34 bits per heavy atom. The summed E-state index contributed by atoms with van der Waals surface area (Å²) in [4.78, 5) is 17.9. The Balaban J connectivity index is 1.43. The number of imidazole rings is 2. The van der Waals surface area contributed by atoms with Crippen molar-refractivity contribution in [3.05, 3.63) is 121 Å². The van der Waals surface area contributed by atoms with Gasteiger partial charge in [-0.2, -0.15) is 0 Å². The van der Waals surface area contributed by atoms with Gasteiger partial charge in [-0.25, -0.2) is 15.0 Å². The first-order valence-electron chi connectivity index (χ1n) is 14.0. The Kier molecular flexibility index (Phi) is 4.50. The van der Waals surface area contributed by atoms with Gasteiger partial charge in [0.1, 0.15) is 17.3 Å². The van der Waals surface area contributed by atoms with Gasteiger partial charge in [0.15, 0.2) is 0 Å². The summed E-state index contributed by atoms with van der Waals surface area (Å²) in [6.45, 7) is 2.17. The van der Waals surface area contributed by atoms with Crippen molar-refractivity contribution in [2.45, 2.75) is 13.3 Å². The predicted molar refractivity (Wildman–Crippen MR) is 166 cm³/mol. The van der Waals surface area contributed by atoms with Gasteiger partial charge >= 0.3 is 0 Å². The molecule has 0 N–H and O–H groups in total. The zero-order valence-electron chi connectivity index (χ0n) is 22.4. The normalized spacial score (nSPS) is 12.6. The van der Waals surface area contributed by atoms with Crippen molar-refractivity contribution in [3.63, 3.8) is 0 Å². The van der Waals surface area contributed by atoms with Crippen molar-refractivity contribution in [1.82, 2.24) is 23.9 Å². The van der Waals surface area contributed by atoms with E-state index in [0.29, 0.717) is 0 Å². The smallest absolute Gasteiger partial charge is 0.149 e. The lowest BCUT2D eigenvalue weighted by molar-refractivity contribution is 0.900. The molecule has 6 nitrogen and oxygen atoms in total. The van der Waals surface area contributed by atoms with Crippen LogP contribution < -0.4 is 4.90 Å². The summed E-state index contributed by atoms with van der Waals surface area (Å²) in [6.07, 6.45) is 0.827. The lowest BCUT2D eigenvalue weighted by Gasteiger charge is -2.33. The molecule has 0 atom stereocenters. The van der Waals surface area contributed by atoms with E-state index in [4.69, 9.17) is 15.0 Å². The molecule has 0 saturated heterocycles. The van der Waals surface area contributed by atoms with Crippen molar-refractivity contribution < 1.29 is 0 Å². The average Bonchev–Trinajstić information content (AvgIpc) is 3.61. The van der Waals surface area contributed by atoms with Crippen molar-refractivity contribution in [1.29, 1.82) is 0 Å². The molecule has 0 bridgehead atoms. The molecule has 0 fully saturated rings. The molecule has 4 heterocycles. The van der Waals surface area contributed by atoms with Crippen LogP contribution in [0.3, 0.4) is 0 Å². The molecule has 0 saturated carbocycles. The Morgan fingerprint density at radius 1 is 0.610 bits per heavy atom. The number of rotatable bonds is 3. The van der Waals surface area contributed by atoms with Crippen molar-refractivity contribution in [2.24, 2.45) is 0 Å². The van der Waals surface area contributed by atoms with E-state index < -0.39 is 0 Å². The fraction of sp³-hybridized carbons (Fsp3) is 0.0571. The lowest BCUT2D eigenvalue weighted by Crippen LogP contribution is -2.19. The summed E-state index contributed by atoms with van der Waals surface area (Å²) in [7, 11) is 0. The number of hydrogen-bond donors (Lipinski definition) is 0. The van der Waals surface area contributed by atoms with E-state index >= 15 is 0 Å². The van der Waals surface area contributed by atoms with E-state index in [1.807, 2.05) is 18.2 Å². The Morgan fingerprint density at radius 3 is 2.20 bits per heavy atom. The molecule has 0 radical (unpaired) electrons. The lowest BCUT2D eigenvalue weighted by atomic mass is 10.0. The highest BCUT2D eigenvalue weighted by atomic mass is 15.2. The minimum atomic E-state index is 0.827. The third-order valence-corrected chi connectivity index (χ3v) is 8.14. The predicted octanol–water partition coefficient (Wildman–Crippen LogP) is 8.39. The van der Waals surface area contributed by atoms with Crippen LogP contribution in [0.4, 0.5) is 17.1 Å². The molecule has 1 aliphatic rings. The standard InChI is InChI=1S/C35H24N6/c1-2-32-36-27-20-22(34-37-25-15-7-6-14-24(25)35-38-26-16-8-9-17-28(26)41(34)35)21-31-33(27)40(32)30-19-11-10-18-29(30)39(31)23-12-4-3-5-13-23/h3-21H,2H2,1H3. The summed E-state index contributed by atoms with van der Waals surface area (Å²) in [6, 6.07) is 40.2. The van der Waals surface area contributed by atoms with E-state index in [-0.39, 0.29) is 0 Å². The van der Waals surface area contributed by atoms with Crippen LogP contribution in [0, 0.1) is 0 Å². The van der Waals surface area contributed by atoms with Gasteiger partial charge in [-0.1, -0.05) is 61.5 Å². The number of nitrogens with zero attached hydrogens (tertiary/aromatic N) is 6. The van der Waals surface area contributed by atoms with Gasteiger partial charge in [0.2, 0.25) is 0 Å². The largest absolute Gasteiger partial charge is 0.306 e. The van der Waals surface area contributed by atoms with Crippen LogP contribution >= 0.6 is 0 Å². The van der Waals surface area contributed by atoms with Crippen LogP contribution in [0.1, 0.15) is 12.7 Å². The molecule has 9 rings (SSSR count). The van der Waals surface area contributed by atoms with Crippen molar-refractivity contribution >= 4 is 55.7 Å². The van der Waals surface area contributed by atoms with Gasteiger partial charge in [-0.15, -0.1) is 0 Å². The highest BCUT2D eigenvalue weighted by molar-refractivity contribution is 6.04. The third kappa shape index (κ3) is 3.04. The number of anilines is 3. The van der Waals surface area contributed by atoms with Gasteiger partial charge in [-0.3, -0.25) is 8.97 Å². The summed E-state index contributed by atoms with van der Waals surface area (Å²) in [5.41, 5.74) is 11.3. The van der Waals surface area contributed by atoms with Crippen LogP contribution in [-0.4, -0.2) is 23.9 Å². The SMILES string of the molecule is CCc1nc2cc(-c3nc4ccccc4c4nc5ccccc5n34)cc3c2n1-c1ccccc1N3c1ccccc1. The van der Waals surface area contributed by atoms with Gasteiger partial charge in [-0.05, 0) is 60.7 Å². The second-order valence-corrected chi connectivity index (χ2v) is 10.5. The molecule has 41 heavy (non-hydrogen) atoms. The summed E-state index contributed by atoms with van der Waals surface area (Å²) >= 11 is 0. The van der Waals surface area contributed by atoms with E-state index in [1.165, 1.54) is 0 Å². The van der Waals surface area contributed by atoms with Crippen LogP contribution in [0.2, 0.25) is 0 Å². The van der Waals surface area contributed by atoms with Gasteiger partial charge < -0.3 is 4.90 Å². The van der Waals surface area contributed by atoms with Gasteiger partial charge in [0, 0.05) is 23.1 Å². The third-order valence-electron chi connectivity index (χ3n) is 8.14. The van der Waals surface area contributed by atoms with E-state index in [9.17, 15) is 0 Å². The Bertz CT molecular complexity index is 2310. The van der Waals surface area contributed by atoms with Crippen molar-refractivity contribution in [3.8, 4) is 17.1 Å². The molecule has 0 aliphatic carbocycles. The number of aryl methyl sites for hydroxylation is 1. The summed E-state index contributed by atoms with van der Waals surface area (Å²) < 4.78 is 4.53. The molecular weight excluding hydrogens is 504 g/mol. The van der Waals surface area contributed by atoms with Crippen LogP contribution in [0.25, 0.3) is 55.7 Å². The first-order valence-corrected chi connectivity index (χ1v) is 14.0. The maximum Gasteiger partial charge on any atom is 0.149 e. The highest BCUT2D eigenvalue weighted by Gasteiger charge is 2.30. The monoisotopic (exact) mass is 528 g/mol. The van der Waals surface area contributed by atoms with Gasteiger partial charge in [0.25, 0.3) is 0 Å². The molecule has 0 spiro atoms. The number of aromatic nitrogens is 5. The summed E-state index contributed by atoms with van der Waals surface area (Å²) in [5.74, 6) is 1.90. The number of para-hydroxylation sites is 6. The van der Waals surface area contributed by atoms with Crippen LogP contribution in [-0.2, 0) is 6.42 Å².